The summed E-state index contributed by atoms with van der Waals surface area (Å²) in [7, 11) is 0. The van der Waals surface area contributed by atoms with E-state index in [4.69, 9.17) is 10.2 Å². The van der Waals surface area contributed by atoms with Crippen molar-refractivity contribution in [2.24, 2.45) is 5.16 Å². The van der Waals surface area contributed by atoms with Crippen molar-refractivity contribution in [2.45, 2.75) is 13.3 Å². The molecule has 1 rings (SSSR count). The van der Waals surface area contributed by atoms with Crippen LogP contribution < -0.4 is 0 Å². The van der Waals surface area contributed by atoms with Crippen LogP contribution in [0.4, 0.5) is 8.78 Å². The predicted octanol–water partition coefficient (Wildman–Crippen LogP) is 2.03. The van der Waals surface area contributed by atoms with Crippen molar-refractivity contribution in [3.8, 4) is 0 Å². The fourth-order valence-corrected chi connectivity index (χ4v) is 1.20. The van der Waals surface area contributed by atoms with E-state index in [1.54, 1.807) is 6.92 Å². The summed E-state index contributed by atoms with van der Waals surface area (Å²) in [6.45, 7) is 5.22. The molecule has 2 N–H and O–H groups in total. The van der Waals surface area contributed by atoms with E-state index in [2.05, 4.69) is 16.6 Å². The third kappa shape index (κ3) is 6.96. The standard InChI is InChI=1S/C11H13F2NO2.C3H6O/c1-2-16-14-7-9-10(12)5-8(3-4-15)6-11(9)13;1-2-3-4/h5-7,15H,2-4H2,1H3;2,4H,1,3H2. The van der Waals surface area contributed by atoms with Crippen LogP contribution in [0, 0.1) is 11.6 Å². The van der Waals surface area contributed by atoms with Gasteiger partial charge in [-0.1, -0.05) is 11.2 Å². The summed E-state index contributed by atoms with van der Waals surface area (Å²) in [6, 6.07) is 2.35. The maximum absolute atomic E-state index is 13.4. The number of benzene rings is 1. The normalized spacial score (nSPS) is 10.1. The Morgan fingerprint density at radius 2 is 1.85 bits per heavy atom. The van der Waals surface area contributed by atoms with Gasteiger partial charge in [0.2, 0.25) is 0 Å². The lowest BCUT2D eigenvalue weighted by Gasteiger charge is -2.03. The Morgan fingerprint density at radius 3 is 2.25 bits per heavy atom. The summed E-state index contributed by atoms with van der Waals surface area (Å²) in [5, 5.41) is 19.8. The van der Waals surface area contributed by atoms with Crippen molar-refractivity contribution in [3.63, 3.8) is 0 Å². The maximum Gasteiger partial charge on any atom is 0.135 e. The SMILES string of the molecule is C=CCO.CCON=Cc1c(F)cc(CCO)cc1F. The lowest BCUT2D eigenvalue weighted by atomic mass is 10.1. The van der Waals surface area contributed by atoms with Crippen LogP contribution in [0.3, 0.4) is 0 Å². The van der Waals surface area contributed by atoms with Crippen LogP contribution in [-0.4, -0.2) is 36.2 Å². The molecule has 0 radical (unpaired) electrons. The summed E-state index contributed by atoms with van der Waals surface area (Å²) in [6.07, 6.45) is 2.65. The first kappa shape index (κ1) is 18.2. The molecule has 6 heteroatoms. The molecule has 112 valence electrons. The number of aliphatic hydroxyl groups is 2. The number of nitrogens with zero attached hydrogens (tertiary/aromatic N) is 1. The number of hydrogen-bond acceptors (Lipinski definition) is 4. The Balaban J connectivity index is 0.000000796. The number of rotatable bonds is 6. The van der Waals surface area contributed by atoms with Crippen LogP contribution in [0.15, 0.2) is 29.9 Å². The zero-order valence-corrected chi connectivity index (χ0v) is 11.4. The largest absolute Gasteiger partial charge is 0.396 e. The zero-order chi connectivity index (χ0) is 15.4. The highest BCUT2D eigenvalue weighted by Gasteiger charge is 2.09. The minimum Gasteiger partial charge on any atom is -0.396 e. The first-order chi connectivity index (χ1) is 9.60. The van der Waals surface area contributed by atoms with Gasteiger partial charge in [0, 0.05) is 6.61 Å². The lowest BCUT2D eigenvalue weighted by Crippen LogP contribution is -1.99. The van der Waals surface area contributed by atoms with Crippen molar-refractivity contribution < 1.29 is 23.8 Å². The van der Waals surface area contributed by atoms with E-state index in [1.807, 2.05) is 0 Å². The molecule has 0 bridgehead atoms. The average molecular weight is 287 g/mol. The Hall–Kier alpha value is -1.79. The molecule has 0 heterocycles. The monoisotopic (exact) mass is 287 g/mol. The van der Waals surface area contributed by atoms with Crippen LogP contribution in [0.2, 0.25) is 0 Å². The molecule has 0 aromatic heterocycles. The summed E-state index contributed by atoms with van der Waals surface area (Å²) >= 11 is 0. The molecule has 0 spiro atoms. The summed E-state index contributed by atoms with van der Waals surface area (Å²) < 4.78 is 26.8. The predicted molar refractivity (Wildman–Crippen MR) is 73.7 cm³/mol. The molecule has 0 fully saturated rings. The Bertz CT molecular complexity index is 413. The van der Waals surface area contributed by atoms with E-state index < -0.39 is 11.6 Å². The van der Waals surface area contributed by atoms with Crippen molar-refractivity contribution in [1.29, 1.82) is 0 Å². The Labute approximate surface area is 117 Å². The van der Waals surface area contributed by atoms with Crippen LogP contribution in [0.1, 0.15) is 18.1 Å². The van der Waals surface area contributed by atoms with E-state index in [1.165, 1.54) is 18.2 Å². The minimum atomic E-state index is -0.716. The van der Waals surface area contributed by atoms with Gasteiger partial charge in [0.1, 0.15) is 18.2 Å². The first-order valence-electron chi connectivity index (χ1n) is 6.06. The molecule has 0 saturated heterocycles. The highest BCUT2D eigenvalue weighted by molar-refractivity contribution is 5.80. The number of hydrogen-bond donors (Lipinski definition) is 2. The third-order valence-electron chi connectivity index (χ3n) is 2.05. The second kappa shape index (κ2) is 11.1. The van der Waals surface area contributed by atoms with Gasteiger partial charge in [0.15, 0.2) is 0 Å². The molecule has 0 aliphatic heterocycles. The second-order valence-corrected chi connectivity index (χ2v) is 3.57. The molecule has 4 nitrogen and oxygen atoms in total. The topological polar surface area (TPSA) is 62.0 Å². The third-order valence-corrected chi connectivity index (χ3v) is 2.05. The van der Waals surface area contributed by atoms with Crippen LogP contribution in [0.25, 0.3) is 0 Å². The van der Waals surface area contributed by atoms with Gasteiger partial charge in [-0.25, -0.2) is 8.78 Å². The Morgan fingerprint density at radius 1 is 1.30 bits per heavy atom. The molecule has 0 amide bonds. The maximum atomic E-state index is 13.4. The molecule has 0 aliphatic carbocycles. The van der Waals surface area contributed by atoms with E-state index in [0.29, 0.717) is 12.2 Å². The van der Waals surface area contributed by atoms with Gasteiger partial charge in [-0.2, -0.15) is 0 Å². The molecule has 1 aromatic rings. The van der Waals surface area contributed by atoms with Gasteiger partial charge in [0.05, 0.1) is 18.4 Å². The fourth-order valence-electron chi connectivity index (χ4n) is 1.20. The fraction of sp³-hybridized carbons (Fsp3) is 0.357. The van der Waals surface area contributed by atoms with Crippen LogP contribution in [-0.2, 0) is 11.3 Å². The van der Waals surface area contributed by atoms with Crippen LogP contribution in [0.5, 0.6) is 0 Å². The van der Waals surface area contributed by atoms with Crippen molar-refractivity contribution in [2.75, 3.05) is 19.8 Å². The highest BCUT2D eigenvalue weighted by atomic mass is 19.1. The van der Waals surface area contributed by atoms with E-state index in [9.17, 15) is 8.78 Å². The number of halogens is 2. The lowest BCUT2D eigenvalue weighted by molar-refractivity contribution is 0.160. The summed E-state index contributed by atoms with van der Waals surface area (Å²) in [5.74, 6) is -1.43. The molecular weight excluding hydrogens is 268 g/mol. The minimum absolute atomic E-state index is 0.0833. The number of oxime groups is 1. The molecule has 0 atom stereocenters. The first-order valence-corrected chi connectivity index (χ1v) is 6.06. The van der Waals surface area contributed by atoms with Crippen molar-refractivity contribution >= 4 is 6.21 Å². The van der Waals surface area contributed by atoms with Crippen molar-refractivity contribution in [3.05, 3.63) is 47.5 Å². The summed E-state index contributed by atoms with van der Waals surface area (Å²) in [5.41, 5.74) is 0.168. The molecule has 0 unspecified atom stereocenters. The number of aliphatic hydroxyl groups excluding tert-OH is 2. The van der Waals surface area contributed by atoms with Gasteiger partial charge < -0.3 is 15.1 Å². The van der Waals surface area contributed by atoms with E-state index >= 15 is 0 Å². The second-order valence-electron chi connectivity index (χ2n) is 3.57. The van der Waals surface area contributed by atoms with Crippen molar-refractivity contribution in [1.82, 2.24) is 0 Å². The van der Waals surface area contributed by atoms with Gasteiger partial charge >= 0.3 is 0 Å². The van der Waals surface area contributed by atoms with Crippen LogP contribution >= 0.6 is 0 Å². The highest BCUT2D eigenvalue weighted by Crippen LogP contribution is 2.14. The van der Waals surface area contributed by atoms with Gasteiger partial charge in [-0.05, 0) is 31.0 Å². The van der Waals surface area contributed by atoms with Gasteiger partial charge in [0.25, 0.3) is 0 Å². The molecule has 0 saturated carbocycles. The zero-order valence-electron chi connectivity index (χ0n) is 11.4. The van der Waals surface area contributed by atoms with Gasteiger partial charge in [-0.3, -0.25) is 0 Å². The van der Waals surface area contributed by atoms with Gasteiger partial charge in [-0.15, -0.1) is 6.58 Å². The Kier molecular flexibility index (Phi) is 10.1. The molecule has 20 heavy (non-hydrogen) atoms. The molecular formula is C14H19F2NO3. The smallest absolute Gasteiger partial charge is 0.135 e. The molecule has 0 aliphatic rings. The summed E-state index contributed by atoms with van der Waals surface area (Å²) in [4.78, 5) is 4.62. The van der Waals surface area contributed by atoms with E-state index in [0.717, 1.165) is 6.21 Å². The molecule has 1 aromatic carbocycles. The quantitative estimate of drug-likeness (QED) is 0.478. The average Bonchev–Trinajstić information content (AvgIpc) is 2.42. The van der Waals surface area contributed by atoms with E-state index in [-0.39, 0.29) is 25.2 Å².